The molecule has 1 heterocycles. The van der Waals surface area contributed by atoms with Gasteiger partial charge in [0.2, 0.25) is 0 Å². The summed E-state index contributed by atoms with van der Waals surface area (Å²) in [4.78, 5) is 24.5. The van der Waals surface area contributed by atoms with Crippen LogP contribution in [0, 0.1) is 13.8 Å². The molecule has 2 aromatic rings. The molecule has 0 saturated heterocycles. The van der Waals surface area contributed by atoms with Crippen LogP contribution in [0.2, 0.25) is 15.1 Å². The lowest BCUT2D eigenvalue weighted by Gasteiger charge is -2.10. The van der Waals surface area contributed by atoms with Crippen molar-refractivity contribution in [1.29, 1.82) is 0 Å². The number of carbonyl (C=O) groups excluding carboxylic acids is 2. The second kappa shape index (κ2) is 7.61. The Bertz CT molecular complexity index is 798. The van der Waals surface area contributed by atoms with Gasteiger partial charge in [-0.25, -0.2) is 0 Å². The first-order valence-electron chi connectivity index (χ1n) is 6.67. The molecule has 0 spiro atoms. The average molecular weight is 408 g/mol. The van der Waals surface area contributed by atoms with Crippen molar-refractivity contribution in [2.24, 2.45) is 5.73 Å². The maximum atomic E-state index is 12.1. The Balaban J connectivity index is 2.10. The molecule has 0 saturated carbocycles. The van der Waals surface area contributed by atoms with Gasteiger partial charge in [0.25, 0.3) is 11.8 Å². The van der Waals surface area contributed by atoms with Crippen molar-refractivity contribution in [3.05, 3.63) is 43.2 Å². The number of rotatable bonds is 5. The lowest BCUT2D eigenvalue weighted by Crippen LogP contribution is -2.22. The Hall–Kier alpha value is -1.47. The summed E-state index contributed by atoms with van der Waals surface area (Å²) in [5.41, 5.74) is 6.40. The molecule has 0 radical (unpaired) electrons. The summed E-state index contributed by atoms with van der Waals surface area (Å²) in [6.07, 6.45) is 0. The van der Waals surface area contributed by atoms with Crippen LogP contribution >= 0.6 is 46.1 Å². The smallest absolute Gasteiger partial charge is 0.262 e. The fourth-order valence-electron chi connectivity index (χ4n) is 1.98. The minimum Gasteiger partial charge on any atom is -0.481 e. The van der Waals surface area contributed by atoms with Gasteiger partial charge in [0, 0.05) is 9.90 Å². The second-order valence-corrected chi connectivity index (χ2v) is 7.36. The van der Waals surface area contributed by atoms with Crippen LogP contribution in [0.5, 0.6) is 5.75 Å². The van der Waals surface area contributed by atoms with Crippen LogP contribution in [-0.4, -0.2) is 18.4 Å². The van der Waals surface area contributed by atoms with Crippen LogP contribution in [0.25, 0.3) is 0 Å². The van der Waals surface area contributed by atoms with Crippen molar-refractivity contribution in [3.63, 3.8) is 0 Å². The number of nitrogens with one attached hydrogen (secondary N) is 1. The molecule has 1 aromatic carbocycles. The van der Waals surface area contributed by atoms with E-state index in [1.54, 1.807) is 6.92 Å². The number of amides is 2. The van der Waals surface area contributed by atoms with Crippen LogP contribution < -0.4 is 15.8 Å². The maximum Gasteiger partial charge on any atom is 0.262 e. The van der Waals surface area contributed by atoms with E-state index in [1.807, 2.05) is 6.92 Å². The number of thiophene rings is 1. The van der Waals surface area contributed by atoms with Gasteiger partial charge in [-0.1, -0.05) is 34.8 Å². The first-order chi connectivity index (χ1) is 11.2. The number of hydrogen-bond donors (Lipinski definition) is 2. The molecule has 0 atom stereocenters. The molecule has 0 aliphatic heterocycles. The molecule has 1 aromatic heterocycles. The van der Waals surface area contributed by atoms with E-state index in [-0.39, 0.29) is 22.4 Å². The van der Waals surface area contributed by atoms with Crippen LogP contribution in [0.15, 0.2) is 12.1 Å². The lowest BCUT2D eigenvalue weighted by atomic mass is 10.1. The Morgan fingerprint density at radius 2 is 1.79 bits per heavy atom. The molecule has 0 unspecified atom stereocenters. The van der Waals surface area contributed by atoms with Crippen molar-refractivity contribution >= 4 is 63.0 Å². The molecule has 128 valence electrons. The third-order valence-electron chi connectivity index (χ3n) is 3.20. The largest absolute Gasteiger partial charge is 0.481 e. The van der Waals surface area contributed by atoms with Gasteiger partial charge in [-0.05, 0) is 31.5 Å². The number of primary amides is 1. The first kappa shape index (κ1) is 18.9. The molecular weight excluding hydrogens is 395 g/mol. The highest BCUT2D eigenvalue weighted by Gasteiger charge is 2.19. The van der Waals surface area contributed by atoms with E-state index in [2.05, 4.69) is 5.32 Å². The highest BCUT2D eigenvalue weighted by Crippen LogP contribution is 2.36. The average Bonchev–Trinajstić information content (AvgIpc) is 2.72. The van der Waals surface area contributed by atoms with Gasteiger partial charge in [-0.15, -0.1) is 11.3 Å². The second-order valence-electron chi connectivity index (χ2n) is 4.89. The molecule has 2 amide bonds. The molecule has 0 aliphatic carbocycles. The van der Waals surface area contributed by atoms with Gasteiger partial charge in [-0.3, -0.25) is 9.59 Å². The normalized spacial score (nSPS) is 10.5. The van der Waals surface area contributed by atoms with E-state index in [4.69, 9.17) is 45.3 Å². The topological polar surface area (TPSA) is 81.4 Å². The van der Waals surface area contributed by atoms with Crippen LogP contribution in [-0.2, 0) is 4.79 Å². The molecule has 0 fully saturated rings. The Kier molecular flexibility index (Phi) is 5.98. The molecule has 0 bridgehead atoms. The monoisotopic (exact) mass is 406 g/mol. The van der Waals surface area contributed by atoms with Crippen molar-refractivity contribution in [2.45, 2.75) is 13.8 Å². The van der Waals surface area contributed by atoms with Gasteiger partial charge in [0.15, 0.2) is 12.4 Å². The quantitative estimate of drug-likeness (QED) is 0.768. The molecule has 3 N–H and O–H groups in total. The number of nitrogens with two attached hydrogens (primary N) is 1. The van der Waals surface area contributed by atoms with Crippen LogP contribution in [0.4, 0.5) is 5.00 Å². The van der Waals surface area contributed by atoms with Gasteiger partial charge in [0.05, 0.1) is 15.6 Å². The fourth-order valence-corrected chi connectivity index (χ4v) is 3.99. The van der Waals surface area contributed by atoms with Crippen molar-refractivity contribution in [1.82, 2.24) is 0 Å². The predicted octanol–water partition coefficient (Wildman–Crippen LogP) is 4.44. The van der Waals surface area contributed by atoms with Crippen molar-refractivity contribution in [2.75, 3.05) is 11.9 Å². The lowest BCUT2D eigenvalue weighted by molar-refractivity contribution is -0.118. The number of ether oxygens (including phenoxy) is 1. The van der Waals surface area contributed by atoms with Gasteiger partial charge >= 0.3 is 0 Å². The summed E-state index contributed by atoms with van der Waals surface area (Å²) in [7, 11) is 0. The number of hydrogen-bond acceptors (Lipinski definition) is 4. The van der Waals surface area contributed by atoms with Crippen molar-refractivity contribution in [3.8, 4) is 5.75 Å². The van der Waals surface area contributed by atoms with E-state index in [0.29, 0.717) is 15.6 Å². The van der Waals surface area contributed by atoms with E-state index >= 15 is 0 Å². The third-order valence-corrected chi connectivity index (χ3v) is 5.10. The molecule has 9 heteroatoms. The number of benzene rings is 1. The maximum absolute atomic E-state index is 12.1. The summed E-state index contributed by atoms with van der Waals surface area (Å²) in [5.74, 6) is -0.913. The Morgan fingerprint density at radius 3 is 2.33 bits per heavy atom. The summed E-state index contributed by atoms with van der Waals surface area (Å²) in [6.45, 7) is 3.27. The van der Waals surface area contributed by atoms with Crippen LogP contribution in [0.3, 0.4) is 0 Å². The van der Waals surface area contributed by atoms with Gasteiger partial charge < -0.3 is 15.8 Å². The molecule has 5 nitrogen and oxygen atoms in total. The van der Waals surface area contributed by atoms with E-state index in [0.717, 1.165) is 10.4 Å². The number of halogens is 3. The summed E-state index contributed by atoms with van der Waals surface area (Å²) in [6, 6.07) is 2.92. The molecule has 24 heavy (non-hydrogen) atoms. The van der Waals surface area contributed by atoms with Crippen LogP contribution in [0.1, 0.15) is 20.8 Å². The van der Waals surface area contributed by atoms with Gasteiger partial charge in [0.1, 0.15) is 5.00 Å². The number of carbonyl (C=O) groups is 2. The zero-order valence-electron chi connectivity index (χ0n) is 12.7. The van der Waals surface area contributed by atoms with Gasteiger partial charge in [-0.2, -0.15) is 0 Å². The SMILES string of the molecule is Cc1sc(NC(=O)COc2c(Cl)cc(Cl)cc2Cl)c(C(N)=O)c1C. The summed E-state index contributed by atoms with van der Waals surface area (Å²) < 4.78 is 5.35. The number of anilines is 1. The first-order valence-corrected chi connectivity index (χ1v) is 8.62. The molecular formula is C15H13Cl3N2O3S. The summed E-state index contributed by atoms with van der Waals surface area (Å²) >= 11 is 19.0. The van der Waals surface area contributed by atoms with E-state index < -0.39 is 11.8 Å². The minimum absolute atomic E-state index is 0.159. The van der Waals surface area contributed by atoms with E-state index in [1.165, 1.54) is 23.5 Å². The molecule has 2 rings (SSSR count). The fraction of sp³-hybridized carbons (Fsp3) is 0.200. The minimum atomic E-state index is -0.600. The zero-order chi connectivity index (χ0) is 18.0. The zero-order valence-corrected chi connectivity index (χ0v) is 15.8. The third kappa shape index (κ3) is 4.13. The number of aryl methyl sites for hydroxylation is 1. The summed E-state index contributed by atoms with van der Waals surface area (Å²) in [5, 5.41) is 3.75. The highest BCUT2D eigenvalue weighted by atomic mass is 35.5. The van der Waals surface area contributed by atoms with E-state index in [9.17, 15) is 9.59 Å². The Morgan fingerprint density at radius 1 is 1.21 bits per heavy atom. The van der Waals surface area contributed by atoms with Crippen molar-refractivity contribution < 1.29 is 14.3 Å². The standard InChI is InChI=1S/C15H13Cl3N2O3S/c1-6-7(2)24-15(12(6)14(19)22)20-11(21)5-23-13-9(17)3-8(16)4-10(13)18/h3-4H,5H2,1-2H3,(H2,19,22)(H,20,21). The molecule has 0 aliphatic rings. The predicted molar refractivity (Wildman–Crippen MR) is 97.9 cm³/mol. The Labute approximate surface area is 157 Å². The highest BCUT2D eigenvalue weighted by molar-refractivity contribution is 7.16.